The van der Waals surface area contributed by atoms with Crippen molar-refractivity contribution < 1.29 is 4.79 Å². The summed E-state index contributed by atoms with van der Waals surface area (Å²) in [5.41, 5.74) is 0. The molecule has 0 aliphatic carbocycles. The molecule has 0 aromatic carbocycles. The molecule has 0 unspecified atom stereocenters. The molecule has 1 aliphatic heterocycles. The van der Waals surface area contributed by atoms with Gasteiger partial charge in [-0.1, -0.05) is 20.8 Å². The highest BCUT2D eigenvalue weighted by molar-refractivity contribution is 5.74. The van der Waals surface area contributed by atoms with Gasteiger partial charge in [0, 0.05) is 26.2 Å². The summed E-state index contributed by atoms with van der Waals surface area (Å²) < 4.78 is 0. The van der Waals surface area contributed by atoms with Gasteiger partial charge in [0.15, 0.2) is 0 Å². The largest absolute Gasteiger partial charge is 0.325 e. The van der Waals surface area contributed by atoms with Crippen molar-refractivity contribution in [2.24, 2.45) is 5.92 Å². The van der Waals surface area contributed by atoms with E-state index >= 15 is 0 Å². The number of likely N-dealkylation sites (tertiary alicyclic amines) is 1. The molecular weight excluding hydrogens is 200 g/mol. The van der Waals surface area contributed by atoms with Crippen LogP contribution in [0.2, 0.25) is 0 Å². The molecule has 1 saturated heterocycles. The summed E-state index contributed by atoms with van der Waals surface area (Å²) in [5.74, 6) is 0.787. The first-order valence-corrected chi connectivity index (χ1v) is 6.72. The Morgan fingerprint density at radius 2 is 1.69 bits per heavy atom. The first-order valence-electron chi connectivity index (χ1n) is 6.72. The number of hydrogen-bond acceptors (Lipinski definition) is 1. The van der Waals surface area contributed by atoms with E-state index in [1.807, 2.05) is 9.80 Å². The number of piperidine rings is 1. The van der Waals surface area contributed by atoms with E-state index in [1.165, 1.54) is 0 Å². The second-order valence-corrected chi connectivity index (χ2v) is 4.94. The second-order valence-electron chi connectivity index (χ2n) is 4.94. The summed E-state index contributed by atoms with van der Waals surface area (Å²) >= 11 is 0. The molecule has 3 heteroatoms. The third-order valence-corrected chi connectivity index (χ3v) is 3.31. The Kier molecular flexibility index (Phi) is 5.64. The van der Waals surface area contributed by atoms with Crippen LogP contribution in [0, 0.1) is 5.92 Å². The van der Waals surface area contributed by atoms with Crippen molar-refractivity contribution in [1.29, 1.82) is 0 Å². The average molecular weight is 226 g/mol. The topological polar surface area (TPSA) is 23.6 Å². The fraction of sp³-hybridized carbons (Fsp3) is 0.923. The van der Waals surface area contributed by atoms with E-state index in [2.05, 4.69) is 20.8 Å². The van der Waals surface area contributed by atoms with Crippen molar-refractivity contribution in [1.82, 2.24) is 9.80 Å². The molecule has 1 fully saturated rings. The third-order valence-electron chi connectivity index (χ3n) is 3.31. The highest BCUT2D eigenvalue weighted by atomic mass is 16.2. The smallest absolute Gasteiger partial charge is 0.319 e. The van der Waals surface area contributed by atoms with E-state index < -0.39 is 0 Å². The predicted octanol–water partition coefficient (Wildman–Crippen LogP) is 2.96. The van der Waals surface area contributed by atoms with Crippen molar-refractivity contribution in [3.8, 4) is 0 Å². The number of carbonyl (C=O) groups is 1. The van der Waals surface area contributed by atoms with Gasteiger partial charge in [-0.25, -0.2) is 4.79 Å². The Bertz CT molecular complexity index is 204. The Morgan fingerprint density at radius 3 is 2.12 bits per heavy atom. The van der Waals surface area contributed by atoms with Gasteiger partial charge >= 0.3 is 6.03 Å². The molecule has 2 amide bonds. The van der Waals surface area contributed by atoms with E-state index in [4.69, 9.17) is 0 Å². The molecule has 1 aliphatic rings. The number of amides is 2. The molecule has 16 heavy (non-hydrogen) atoms. The zero-order valence-corrected chi connectivity index (χ0v) is 11.0. The van der Waals surface area contributed by atoms with Crippen LogP contribution in [0.5, 0.6) is 0 Å². The zero-order chi connectivity index (χ0) is 12.0. The molecule has 94 valence electrons. The average Bonchev–Trinajstić information content (AvgIpc) is 2.29. The molecular formula is C13H26N2O. The van der Waals surface area contributed by atoms with Crippen LogP contribution in [0.15, 0.2) is 0 Å². The Morgan fingerprint density at radius 1 is 1.19 bits per heavy atom. The second kappa shape index (κ2) is 6.77. The zero-order valence-electron chi connectivity index (χ0n) is 11.0. The molecule has 1 rings (SSSR count). The Hall–Kier alpha value is -0.730. The molecule has 1 heterocycles. The summed E-state index contributed by atoms with van der Waals surface area (Å²) in [6.45, 7) is 10.2. The van der Waals surface area contributed by atoms with Crippen LogP contribution in [0.4, 0.5) is 4.79 Å². The van der Waals surface area contributed by atoms with Crippen LogP contribution in [0.3, 0.4) is 0 Å². The van der Waals surface area contributed by atoms with E-state index in [9.17, 15) is 4.79 Å². The predicted molar refractivity (Wildman–Crippen MR) is 67.5 cm³/mol. The minimum Gasteiger partial charge on any atom is -0.325 e. The molecule has 0 radical (unpaired) electrons. The Labute approximate surface area is 99.8 Å². The summed E-state index contributed by atoms with van der Waals surface area (Å²) in [6, 6.07) is 0.260. The van der Waals surface area contributed by atoms with Gasteiger partial charge in [-0.2, -0.15) is 0 Å². The summed E-state index contributed by atoms with van der Waals surface area (Å²) in [7, 11) is 0. The van der Waals surface area contributed by atoms with Crippen LogP contribution in [0.1, 0.15) is 46.5 Å². The molecule has 3 nitrogen and oxygen atoms in total. The van der Waals surface area contributed by atoms with Crippen molar-refractivity contribution in [2.75, 3.05) is 26.2 Å². The Balaban J connectivity index is 2.46. The monoisotopic (exact) mass is 226 g/mol. The quantitative estimate of drug-likeness (QED) is 0.723. The lowest BCUT2D eigenvalue weighted by atomic mass is 9.99. The number of rotatable bonds is 4. The third kappa shape index (κ3) is 3.69. The summed E-state index contributed by atoms with van der Waals surface area (Å²) in [6.07, 6.45) is 4.43. The molecule has 0 N–H and O–H groups in total. The molecule has 0 bridgehead atoms. The maximum Gasteiger partial charge on any atom is 0.319 e. The van der Waals surface area contributed by atoms with Gasteiger partial charge in [0.2, 0.25) is 0 Å². The van der Waals surface area contributed by atoms with E-state index in [0.717, 1.165) is 57.8 Å². The van der Waals surface area contributed by atoms with Crippen molar-refractivity contribution in [2.45, 2.75) is 46.5 Å². The first kappa shape index (κ1) is 13.3. The maximum atomic E-state index is 12.2. The summed E-state index contributed by atoms with van der Waals surface area (Å²) in [5, 5.41) is 0. The molecule has 0 aromatic heterocycles. The van der Waals surface area contributed by atoms with Crippen molar-refractivity contribution in [3.63, 3.8) is 0 Å². The lowest BCUT2D eigenvalue weighted by Crippen LogP contribution is -2.47. The van der Waals surface area contributed by atoms with Gasteiger partial charge in [0.1, 0.15) is 0 Å². The first-order chi connectivity index (χ1) is 7.69. The lowest BCUT2D eigenvalue weighted by molar-refractivity contribution is 0.134. The van der Waals surface area contributed by atoms with Crippen LogP contribution in [-0.2, 0) is 0 Å². The van der Waals surface area contributed by atoms with Crippen LogP contribution in [-0.4, -0.2) is 42.0 Å². The van der Waals surface area contributed by atoms with Gasteiger partial charge in [-0.15, -0.1) is 0 Å². The van der Waals surface area contributed by atoms with E-state index in [1.54, 1.807) is 0 Å². The molecule has 0 atom stereocenters. The van der Waals surface area contributed by atoms with E-state index in [-0.39, 0.29) is 6.03 Å². The fourth-order valence-electron chi connectivity index (χ4n) is 2.24. The number of carbonyl (C=O) groups excluding carboxylic acids is 1. The minimum atomic E-state index is 0.260. The highest BCUT2D eigenvalue weighted by Crippen LogP contribution is 2.17. The van der Waals surface area contributed by atoms with E-state index in [0.29, 0.717) is 0 Å². The summed E-state index contributed by atoms with van der Waals surface area (Å²) in [4.78, 5) is 16.3. The van der Waals surface area contributed by atoms with Crippen LogP contribution >= 0.6 is 0 Å². The van der Waals surface area contributed by atoms with Crippen LogP contribution < -0.4 is 0 Å². The van der Waals surface area contributed by atoms with Crippen molar-refractivity contribution in [3.05, 3.63) is 0 Å². The van der Waals surface area contributed by atoms with Gasteiger partial charge in [0.25, 0.3) is 0 Å². The SMILES string of the molecule is CCCN(CCC)C(=O)N1CCC(C)CC1. The van der Waals surface area contributed by atoms with Crippen molar-refractivity contribution >= 4 is 6.03 Å². The van der Waals surface area contributed by atoms with Crippen LogP contribution in [0.25, 0.3) is 0 Å². The maximum absolute atomic E-state index is 12.2. The minimum absolute atomic E-state index is 0.260. The number of hydrogen-bond donors (Lipinski definition) is 0. The van der Waals surface area contributed by atoms with Gasteiger partial charge < -0.3 is 9.80 Å². The lowest BCUT2D eigenvalue weighted by Gasteiger charge is -2.34. The van der Waals surface area contributed by atoms with Gasteiger partial charge in [0.05, 0.1) is 0 Å². The normalized spacial score (nSPS) is 17.6. The molecule has 0 spiro atoms. The molecule has 0 aromatic rings. The number of nitrogens with zero attached hydrogens (tertiary/aromatic N) is 2. The number of urea groups is 1. The van der Waals surface area contributed by atoms with Gasteiger partial charge in [-0.05, 0) is 31.6 Å². The fourth-order valence-corrected chi connectivity index (χ4v) is 2.24. The standard InChI is InChI=1S/C13H26N2O/c1-4-8-14(9-5-2)13(16)15-10-6-12(3)7-11-15/h12H,4-11H2,1-3H3. The molecule has 0 saturated carbocycles. The highest BCUT2D eigenvalue weighted by Gasteiger charge is 2.23. The van der Waals surface area contributed by atoms with Gasteiger partial charge in [-0.3, -0.25) is 0 Å².